The van der Waals surface area contributed by atoms with Gasteiger partial charge in [0.2, 0.25) is 0 Å². The monoisotopic (exact) mass is 282 g/mol. The van der Waals surface area contributed by atoms with Crippen molar-refractivity contribution in [3.05, 3.63) is 47.6 Å². The van der Waals surface area contributed by atoms with Crippen molar-refractivity contribution in [1.29, 1.82) is 0 Å². The minimum Gasteiger partial charge on any atom is -0.496 e. The van der Waals surface area contributed by atoms with Gasteiger partial charge in [-0.3, -0.25) is 4.98 Å². The summed E-state index contributed by atoms with van der Waals surface area (Å²) in [6, 6.07) is 11.7. The van der Waals surface area contributed by atoms with Crippen LogP contribution >= 0.6 is 11.6 Å². The van der Waals surface area contributed by atoms with Crippen LogP contribution in [0.3, 0.4) is 0 Å². The Labute approximate surface area is 121 Å². The van der Waals surface area contributed by atoms with E-state index in [-0.39, 0.29) is 0 Å². The fourth-order valence-electron chi connectivity index (χ4n) is 2.73. The first-order valence-electron chi connectivity index (χ1n) is 6.30. The lowest BCUT2D eigenvalue weighted by atomic mass is 9.97. The van der Waals surface area contributed by atoms with Crippen molar-refractivity contribution in [2.75, 3.05) is 12.4 Å². The molecule has 0 fully saturated rings. The van der Waals surface area contributed by atoms with Gasteiger partial charge in [-0.1, -0.05) is 11.6 Å². The Balaban J connectivity index is 2.13. The van der Waals surface area contributed by atoms with Crippen molar-refractivity contribution < 1.29 is 4.74 Å². The van der Waals surface area contributed by atoms with Crippen LogP contribution < -0.4 is 10.1 Å². The molecule has 98 valence electrons. The summed E-state index contributed by atoms with van der Waals surface area (Å²) in [5.41, 5.74) is 4.02. The maximum absolute atomic E-state index is 6.07. The van der Waals surface area contributed by atoms with E-state index in [1.165, 1.54) is 0 Å². The maximum Gasteiger partial charge on any atom is 0.126 e. The van der Waals surface area contributed by atoms with E-state index in [0.29, 0.717) is 5.02 Å². The number of nitrogens with zero attached hydrogens (tertiary/aromatic N) is 1. The summed E-state index contributed by atoms with van der Waals surface area (Å²) < 4.78 is 5.44. The van der Waals surface area contributed by atoms with Crippen molar-refractivity contribution >= 4 is 33.7 Å². The van der Waals surface area contributed by atoms with Gasteiger partial charge in [0.25, 0.3) is 0 Å². The van der Waals surface area contributed by atoms with E-state index in [0.717, 1.165) is 39.2 Å². The number of fused-ring (bicyclic) bond motifs is 2. The summed E-state index contributed by atoms with van der Waals surface area (Å²) in [5.74, 6) is 0.853. The molecule has 0 bridgehead atoms. The van der Waals surface area contributed by atoms with E-state index in [1.54, 1.807) is 7.11 Å². The van der Waals surface area contributed by atoms with Gasteiger partial charge in [0, 0.05) is 38.9 Å². The summed E-state index contributed by atoms with van der Waals surface area (Å²) in [7, 11) is 1.68. The Morgan fingerprint density at radius 2 is 2.00 bits per heavy atom. The second-order valence-corrected chi connectivity index (χ2v) is 5.15. The predicted octanol–water partition coefficient (Wildman–Crippen LogP) is 4.62. The highest BCUT2D eigenvalue weighted by Crippen LogP contribution is 2.45. The number of methoxy groups -OCH3 is 1. The Bertz CT molecular complexity index is 845. The number of halogens is 1. The molecule has 4 rings (SSSR count). The summed E-state index contributed by atoms with van der Waals surface area (Å²) in [6.07, 6.45) is 1.81. The standard InChI is InChI=1S/C16H11ClN2O/c1-20-14-5-4-12-15-11(14)6-7-18-16(15)10-3-2-9(17)8-13(10)19-12/h2-8,19H,1H3. The third-order valence-corrected chi connectivity index (χ3v) is 3.85. The number of hydrogen-bond acceptors (Lipinski definition) is 3. The molecule has 0 saturated heterocycles. The third-order valence-electron chi connectivity index (χ3n) is 3.61. The van der Waals surface area contributed by atoms with Crippen molar-refractivity contribution in [2.45, 2.75) is 0 Å². The van der Waals surface area contributed by atoms with Gasteiger partial charge < -0.3 is 10.1 Å². The molecule has 20 heavy (non-hydrogen) atoms. The van der Waals surface area contributed by atoms with Crippen LogP contribution in [-0.2, 0) is 0 Å². The number of anilines is 2. The number of nitrogens with one attached hydrogen (secondary N) is 1. The molecule has 3 nitrogen and oxygen atoms in total. The number of aromatic nitrogens is 1. The minimum absolute atomic E-state index is 0.709. The molecule has 0 unspecified atom stereocenters. The molecule has 1 aliphatic rings. The lowest BCUT2D eigenvalue weighted by Gasteiger charge is -2.22. The first-order chi connectivity index (χ1) is 9.78. The molecule has 1 aliphatic heterocycles. The van der Waals surface area contributed by atoms with E-state index in [9.17, 15) is 0 Å². The van der Waals surface area contributed by atoms with Gasteiger partial charge in [-0.2, -0.15) is 0 Å². The highest BCUT2D eigenvalue weighted by molar-refractivity contribution is 6.31. The highest BCUT2D eigenvalue weighted by Gasteiger charge is 2.20. The Hall–Kier alpha value is -2.26. The molecule has 0 atom stereocenters. The van der Waals surface area contributed by atoms with E-state index >= 15 is 0 Å². The van der Waals surface area contributed by atoms with Crippen LogP contribution in [0.15, 0.2) is 42.6 Å². The largest absolute Gasteiger partial charge is 0.496 e. The zero-order valence-electron chi connectivity index (χ0n) is 10.8. The Morgan fingerprint density at radius 3 is 2.85 bits per heavy atom. The van der Waals surface area contributed by atoms with Crippen molar-refractivity contribution in [2.24, 2.45) is 0 Å². The molecule has 0 amide bonds. The average Bonchev–Trinajstić information content (AvgIpc) is 2.47. The quantitative estimate of drug-likeness (QED) is 0.553. The van der Waals surface area contributed by atoms with Crippen molar-refractivity contribution in [3.8, 4) is 17.0 Å². The first kappa shape index (κ1) is 11.6. The molecular weight excluding hydrogens is 272 g/mol. The molecule has 0 radical (unpaired) electrons. The summed E-state index contributed by atoms with van der Waals surface area (Å²) in [5, 5.41) is 6.27. The van der Waals surface area contributed by atoms with Crippen LogP contribution in [-0.4, -0.2) is 12.1 Å². The molecule has 1 aromatic heterocycles. The lowest BCUT2D eigenvalue weighted by Crippen LogP contribution is -2.03. The smallest absolute Gasteiger partial charge is 0.126 e. The minimum atomic E-state index is 0.709. The molecule has 3 aromatic rings. The Kier molecular flexibility index (Phi) is 2.38. The number of rotatable bonds is 1. The maximum atomic E-state index is 6.07. The van der Waals surface area contributed by atoms with Crippen LogP contribution in [0.2, 0.25) is 5.02 Å². The number of ether oxygens (including phenoxy) is 1. The van der Waals surface area contributed by atoms with Gasteiger partial charge in [-0.15, -0.1) is 0 Å². The number of benzene rings is 2. The van der Waals surface area contributed by atoms with Crippen LogP contribution in [0.1, 0.15) is 0 Å². The van der Waals surface area contributed by atoms with Gasteiger partial charge in [0.1, 0.15) is 5.75 Å². The molecule has 1 N–H and O–H groups in total. The van der Waals surface area contributed by atoms with Gasteiger partial charge in [-0.25, -0.2) is 0 Å². The topological polar surface area (TPSA) is 34.1 Å². The van der Waals surface area contributed by atoms with Gasteiger partial charge >= 0.3 is 0 Å². The fraction of sp³-hybridized carbons (Fsp3) is 0.0625. The van der Waals surface area contributed by atoms with Crippen LogP contribution in [0.25, 0.3) is 22.0 Å². The summed E-state index contributed by atoms with van der Waals surface area (Å²) >= 11 is 6.07. The predicted molar refractivity (Wildman–Crippen MR) is 82.0 cm³/mol. The fourth-order valence-corrected chi connectivity index (χ4v) is 2.90. The molecule has 2 heterocycles. The van der Waals surface area contributed by atoms with E-state index < -0.39 is 0 Å². The second kappa shape index (κ2) is 4.12. The normalized spacial score (nSPS) is 11.9. The Morgan fingerprint density at radius 1 is 1.10 bits per heavy atom. The summed E-state index contributed by atoms with van der Waals surface area (Å²) in [4.78, 5) is 4.55. The lowest BCUT2D eigenvalue weighted by molar-refractivity contribution is 0.420. The highest BCUT2D eigenvalue weighted by atomic mass is 35.5. The van der Waals surface area contributed by atoms with E-state index in [4.69, 9.17) is 16.3 Å². The molecule has 0 saturated carbocycles. The van der Waals surface area contributed by atoms with Gasteiger partial charge in [-0.05, 0) is 36.4 Å². The summed E-state index contributed by atoms with van der Waals surface area (Å²) in [6.45, 7) is 0. The zero-order chi connectivity index (χ0) is 13.7. The molecule has 0 spiro atoms. The zero-order valence-corrected chi connectivity index (χ0v) is 11.5. The molecule has 2 aromatic carbocycles. The van der Waals surface area contributed by atoms with Crippen LogP contribution in [0, 0.1) is 0 Å². The molecule has 4 heteroatoms. The van der Waals surface area contributed by atoms with E-state index in [2.05, 4.69) is 10.3 Å². The van der Waals surface area contributed by atoms with Crippen molar-refractivity contribution in [1.82, 2.24) is 4.98 Å². The third kappa shape index (κ3) is 1.50. The van der Waals surface area contributed by atoms with E-state index in [1.807, 2.05) is 42.6 Å². The SMILES string of the molecule is COc1ccc2c3c(nccc13)-c1ccc(Cl)cc1N2. The van der Waals surface area contributed by atoms with Crippen molar-refractivity contribution in [3.63, 3.8) is 0 Å². The molecular formula is C16H11ClN2O. The number of hydrogen-bond donors (Lipinski definition) is 1. The first-order valence-corrected chi connectivity index (χ1v) is 6.68. The van der Waals surface area contributed by atoms with Crippen LogP contribution in [0.4, 0.5) is 11.4 Å². The van der Waals surface area contributed by atoms with Gasteiger partial charge in [0.05, 0.1) is 12.8 Å². The molecule has 0 aliphatic carbocycles. The second-order valence-electron chi connectivity index (χ2n) is 4.71. The van der Waals surface area contributed by atoms with Gasteiger partial charge in [0.15, 0.2) is 0 Å². The van der Waals surface area contributed by atoms with Crippen LogP contribution in [0.5, 0.6) is 5.75 Å². The average molecular weight is 283 g/mol. The number of pyridine rings is 1.